The third-order valence-corrected chi connectivity index (χ3v) is 5.71. The number of anilines is 1. The van der Waals surface area contributed by atoms with Crippen LogP contribution in [0.1, 0.15) is 43.2 Å². The van der Waals surface area contributed by atoms with Gasteiger partial charge in [0, 0.05) is 20.1 Å². The fourth-order valence-corrected chi connectivity index (χ4v) is 4.13. The molecule has 28 heavy (non-hydrogen) atoms. The Morgan fingerprint density at radius 1 is 1.11 bits per heavy atom. The van der Waals surface area contributed by atoms with Gasteiger partial charge in [0.1, 0.15) is 0 Å². The number of rotatable bonds is 4. The molecule has 2 heterocycles. The molecular weight excluding hydrogens is 354 g/mol. The van der Waals surface area contributed by atoms with Crippen molar-refractivity contribution >= 4 is 17.1 Å². The molecule has 1 N–H and O–H groups in total. The number of nitrogens with one attached hydrogen (secondary N) is 1. The number of imidazole rings is 1. The average Bonchev–Trinajstić information content (AvgIpc) is 3.03. The van der Waals surface area contributed by atoms with Crippen LogP contribution in [0.4, 0.5) is 5.95 Å². The zero-order chi connectivity index (χ0) is 19.8. The fraction of sp³-hybridized carbons (Fsp3) is 0.476. The van der Waals surface area contributed by atoms with Crippen LogP contribution >= 0.6 is 0 Å². The summed E-state index contributed by atoms with van der Waals surface area (Å²) in [6.07, 6.45) is 5.88. The summed E-state index contributed by atoms with van der Waals surface area (Å²) in [5.41, 5.74) is 2.49. The van der Waals surface area contributed by atoms with Crippen LogP contribution in [0.2, 0.25) is 0 Å². The van der Waals surface area contributed by atoms with E-state index in [1.165, 1.54) is 36.4 Å². The van der Waals surface area contributed by atoms with E-state index < -0.39 is 0 Å². The van der Waals surface area contributed by atoms with Crippen molar-refractivity contribution in [3.05, 3.63) is 56.2 Å². The summed E-state index contributed by atoms with van der Waals surface area (Å²) in [7, 11) is 3.18. The second-order valence-electron chi connectivity index (χ2n) is 7.87. The van der Waals surface area contributed by atoms with Gasteiger partial charge in [-0.1, -0.05) is 49.1 Å². The van der Waals surface area contributed by atoms with E-state index >= 15 is 0 Å². The molecular formula is C21H27N5O2. The SMILES string of the molecule is Cc1cccc(Cn2c(NC3CCCCC3)nc3c2c(=O)n(C)c(=O)n3C)c1. The molecule has 7 nitrogen and oxygen atoms in total. The Balaban J connectivity index is 1.88. The van der Waals surface area contributed by atoms with Gasteiger partial charge >= 0.3 is 5.69 Å². The molecule has 0 radical (unpaired) electrons. The molecule has 0 unspecified atom stereocenters. The maximum absolute atomic E-state index is 12.9. The topological polar surface area (TPSA) is 73.8 Å². The van der Waals surface area contributed by atoms with E-state index in [9.17, 15) is 9.59 Å². The number of nitrogens with zero attached hydrogens (tertiary/aromatic N) is 4. The first kappa shape index (κ1) is 18.5. The standard InChI is InChI=1S/C21H27N5O2/c1-14-8-7-9-15(12-14)13-26-17-18(24(2)21(28)25(3)19(17)27)23-20(26)22-16-10-5-4-6-11-16/h7-9,12,16H,4-6,10-11,13H2,1-3H3,(H,22,23). The van der Waals surface area contributed by atoms with E-state index in [4.69, 9.17) is 0 Å². The Hall–Kier alpha value is -2.83. The van der Waals surface area contributed by atoms with Gasteiger partial charge in [-0.2, -0.15) is 4.98 Å². The maximum atomic E-state index is 12.9. The van der Waals surface area contributed by atoms with E-state index in [1.807, 2.05) is 10.6 Å². The van der Waals surface area contributed by atoms with Crippen molar-refractivity contribution in [1.82, 2.24) is 18.7 Å². The monoisotopic (exact) mass is 381 g/mol. The van der Waals surface area contributed by atoms with Crippen molar-refractivity contribution in [3.63, 3.8) is 0 Å². The van der Waals surface area contributed by atoms with E-state index in [1.54, 1.807) is 7.05 Å². The highest BCUT2D eigenvalue weighted by Gasteiger charge is 2.22. The van der Waals surface area contributed by atoms with E-state index in [0.29, 0.717) is 29.7 Å². The number of fused-ring (bicyclic) bond motifs is 1. The van der Waals surface area contributed by atoms with Crippen molar-refractivity contribution in [1.29, 1.82) is 0 Å². The molecule has 1 aromatic carbocycles. The molecule has 1 aliphatic rings. The average molecular weight is 381 g/mol. The summed E-state index contributed by atoms with van der Waals surface area (Å²) in [6.45, 7) is 2.58. The van der Waals surface area contributed by atoms with E-state index in [2.05, 4.69) is 35.4 Å². The predicted molar refractivity (Wildman–Crippen MR) is 111 cm³/mol. The predicted octanol–water partition coefficient (Wildman–Crippen LogP) is 2.54. The molecule has 0 aliphatic heterocycles. The normalized spacial score (nSPS) is 15.2. The Kier molecular flexibility index (Phi) is 4.83. The smallest absolute Gasteiger partial charge is 0.332 e. The third kappa shape index (κ3) is 3.25. The highest BCUT2D eigenvalue weighted by molar-refractivity contribution is 5.74. The van der Waals surface area contributed by atoms with Gasteiger partial charge in [-0.15, -0.1) is 0 Å². The van der Waals surface area contributed by atoms with Crippen molar-refractivity contribution in [3.8, 4) is 0 Å². The molecule has 1 fully saturated rings. The van der Waals surface area contributed by atoms with Crippen molar-refractivity contribution in [2.45, 2.75) is 51.6 Å². The van der Waals surface area contributed by atoms with E-state index in [0.717, 1.165) is 23.0 Å². The van der Waals surface area contributed by atoms with Crippen LogP contribution in [0.15, 0.2) is 33.9 Å². The molecule has 148 valence electrons. The number of hydrogen-bond donors (Lipinski definition) is 1. The van der Waals surface area contributed by atoms with E-state index in [-0.39, 0.29) is 11.2 Å². The van der Waals surface area contributed by atoms with Crippen LogP contribution in [-0.4, -0.2) is 24.7 Å². The van der Waals surface area contributed by atoms with Gasteiger partial charge in [-0.05, 0) is 25.3 Å². The maximum Gasteiger partial charge on any atom is 0.332 e. The number of hydrogen-bond acceptors (Lipinski definition) is 4. The highest BCUT2D eigenvalue weighted by Crippen LogP contribution is 2.24. The second-order valence-corrected chi connectivity index (χ2v) is 7.87. The van der Waals surface area contributed by atoms with Crippen molar-refractivity contribution in [2.75, 3.05) is 5.32 Å². The first-order valence-corrected chi connectivity index (χ1v) is 9.94. The van der Waals surface area contributed by atoms with Crippen molar-refractivity contribution in [2.24, 2.45) is 14.1 Å². The highest BCUT2D eigenvalue weighted by atomic mass is 16.2. The van der Waals surface area contributed by atoms with Gasteiger partial charge < -0.3 is 5.32 Å². The molecule has 2 aromatic heterocycles. The molecule has 0 amide bonds. The van der Waals surface area contributed by atoms with Crippen LogP contribution in [0, 0.1) is 6.92 Å². The quantitative estimate of drug-likeness (QED) is 0.754. The Morgan fingerprint density at radius 2 is 1.86 bits per heavy atom. The summed E-state index contributed by atoms with van der Waals surface area (Å²) in [4.78, 5) is 30.0. The summed E-state index contributed by atoms with van der Waals surface area (Å²) < 4.78 is 4.54. The summed E-state index contributed by atoms with van der Waals surface area (Å²) >= 11 is 0. The lowest BCUT2D eigenvalue weighted by atomic mass is 9.96. The van der Waals surface area contributed by atoms with Gasteiger partial charge in [-0.3, -0.25) is 18.5 Å². The Morgan fingerprint density at radius 3 is 2.57 bits per heavy atom. The van der Waals surface area contributed by atoms with Gasteiger partial charge in [0.15, 0.2) is 11.2 Å². The Labute approximate surface area is 163 Å². The van der Waals surface area contributed by atoms with Gasteiger partial charge in [0.2, 0.25) is 5.95 Å². The largest absolute Gasteiger partial charge is 0.353 e. The first-order valence-electron chi connectivity index (χ1n) is 9.94. The first-order chi connectivity index (χ1) is 13.5. The number of benzene rings is 1. The molecule has 0 saturated heterocycles. The van der Waals surface area contributed by atoms with Crippen LogP contribution in [0.5, 0.6) is 0 Å². The Bertz CT molecular complexity index is 1130. The molecule has 7 heteroatoms. The minimum atomic E-state index is -0.359. The summed E-state index contributed by atoms with van der Waals surface area (Å²) in [5, 5.41) is 3.56. The third-order valence-electron chi connectivity index (χ3n) is 5.71. The van der Waals surface area contributed by atoms with Gasteiger partial charge in [0.05, 0.1) is 6.54 Å². The van der Waals surface area contributed by atoms with Crippen LogP contribution in [0.3, 0.4) is 0 Å². The molecule has 1 saturated carbocycles. The summed E-state index contributed by atoms with van der Waals surface area (Å²) in [6, 6.07) is 8.59. The lowest BCUT2D eigenvalue weighted by Crippen LogP contribution is -2.37. The van der Waals surface area contributed by atoms with Crippen molar-refractivity contribution < 1.29 is 0 Å². The zero-order valence-corrected chi connectivity index (χ0v) is 16.7. The van der Waals surface area contributed by atoms with Gasteiger partial charge in [-0.25, -0.2) is 4.79 Å². The lowest BCUT2D eigenvalue weighted by Gasteiger charge is -2.23. The lowest BCUT2D eigenvalue weighted by molar-refractivity contribution is 0.459. The molecule has 4 rings (SSSR count). The molecule has 0 bridgehead atoms. The van der Waals surface area contributed by atoms with Crippen LogP contribution in [0.25, 0.3) is 11.2 Å². The molecule has 0 spiro atoms. The summed E-state index contributed by atoms with van der Waals surface area (Å²) in [5.74, 6) is 0.668. The zero-order valence-electron chi connectivity index (χ0n) is 16.7. The number of aryl methyl sites for hydroxylation is 2. The number of aromatic nitrogens is 4. The van der Waals surface area contributed by atoms with Gasteiger partial charge in [0.25, 0.3) is 5.56 Å². The van der Waals surface area contributed by atoms with Crippen LogP contribution < -0.4 is 16.6 Å². The minimum absolute atomic E-state index is 0.310. The second kappa shape index (κ2) is 7.30. The molecule has 1 aliphatic carbocycles. The molecule has 0 atom stereocenters. The molecule has 3 aromatic rings. The fourth-order valence-electron chi connectivity index (χ4n) is 4.13. The minimum Gasteiger partial charge on any atom is -0.353 e. The van der Waals surface area contributed by atoms with Crippen LogP contribution in [-0.2, 0) is 20.6 Å².